The van der Waals surface area contributed by atoms with Gasteiger partial charge < -0.3 is 10.1 Å². The Kier molecular flexibility index (Phi) is 5.37. The van der Waals surface area contributed by atoms with E-state index in [9.17, 15) is 13.2 Å². The van der Waals surface area contributed by atoms with E-state index in [0.29, 0.717) is 31.0 Å². The Morgan fingerprint density at radius 3 is 2.48 bits per heavy atom. The molecule has 1 saturated heterocycles. The zero-order valence-electron chi connectivity index (χ0n) is 15.7. The number of amides is 1. The van der Waals surface area contributed by atoms with Crippen molar-refractivity contribution in [3.05, 3.63) is 59.7 Å². The molecule has 144 valence electrons. The molecule has 0 unspecified atom stereocenters. The van der Waals surface area contributed by atoms with Gasteiger partial charge in [0, 0.05) is 17.8 Å². The Morgan fingerprint density at radius 2 is 1.85 bits per heavy atom. The molecule has 6 nitrogen and oxygen atoms in total. The molecule has 0 bridgehead atoms. The van der Waals surface area contributed by atoms with Crippen molar-refractivity contribution >= 4 is 21.6 Å². The molecule has 1 heterocycles. The third-order valence-electron chi connectivity index (χ3n) is 4.55. The molecule has 1 aliphatic heterocycles. The van der Waals surface area contributed by atoms with E-state index in [-0.39, 0.29) is 10.8 Å². The van der Waals surface area contributed by atoms with E-state index in [1.807, 2.05) is 32.9 Å². The number of nitrogens with one attached hydrogen (secondary N) is 1. The van der Waals surface area contributed by atoms with Crippen LogP contribution in [-0.2, 0) is 14.8 Å². The minimum absolute atomic E-state index is 0.200. The monoisotopic (exact) mass is 388 g/mol. The summed E-state index contributed by atoms with van der Waals surface area (Å²) in [5.74, 6) is -0.233. The molecule has 0 aliphatic carbocycles. The predicted molar refractivity (Wildman–Crippen MR) is 104 cm³/mol. The standard InChI is InChI=1S/C20H24N2O4S/c1-15-5-4-6-16(13-15)19(23)21-17-7-9-18(10-8-17)27(24,25)22-11-12-26-14-20(22,2)3/h4-10,13H,11-12,14H2,1-3H3,(H,21,23). The number of anilines is 1. The van der Waals surface area contributed by atoms with E-state index < -0.39 is 15.6 Å². The summed E-state index contributed by atoms with van der Waals surface area (Å²) in [6.07, 6.45) is 0. The zero-order chi connectivity index (χ0) is 19.7. The predicted octanol–water partition coefficient (Wildman–Crippen LogP) is 3.05. The first kappa shape index (κ1) is 19.5. The SMILES string of the molecule is Cc1cccc(C(=O)Nc2ccc(S(=O)(=O)N3CCOCC3(C)C)cc2)c1. The summed E-state index contributed by atoms with van der Waals surface area (Å²) in [5.41, 5.74) is 1.50. The zero-order valence-corrected chi connectivity index (χ0v) is 16.5. The summed E-state index contributed by atoms with van der Waals surface area (Å²) in [6, 6.07) is 13.5. The molecule has 3 rings (SSSR count). The first-order chi connectivity index (χ1) is 12.7. The first-order valence-electron chi connectivity index (χ1n) is 8.79. The van der Waals surface area contributed by atoms with Crippen LogP contribution in [0.4, 0.5) is 5.69 Å². The van der Waals surface area contributed by atoms with E-state index in [4.69, 9.17) is 4.74 Å². The van der Waals surface area contributed by atoms with Crippen LogP contribution in [0.2, 0.25) is 0 Å². The van der Waals surface area contributed by atoms with Crippen LogP contribution in [0.15, 0.2) is 53.4 Å². The lowest BCUT2D eigenvalue weighted by Crippen LogP contribution is -2.55. The van der Waals surface area contributed by atoms with Crippen molar-refractivity contribution in [3.63, 3.8) is 0 Å². The summed E-state index contributed by atoms with van der Waals surface area (Å²) in [6.45, 7) is 6.68. The molecule has 0 aromatic heterocycles. The van der Waals surface area contributed by atoms with Crippen LogP contribution in [0.5, 0.6) is 0 Å². The Hall–Kier alpha value is -2.22. The first-order valence-corrected chi connectivity index (χ1v) is 10.2. The van der Waals surface area contributed by atoms with Crippen LogP contribution < -0.4 is 5.32 Å². The van der Waals surface area contributed by atoms with Gasteiger partial charge in [-0.25, -0.2) is 8.42 Å². The average Bonchev–Trinajstić information content (AvgIpc) is 2.61. The van der Waals surface area contributed by atoms with Gasteiger partial charge in [0.15, 0.2) is 0 Å². The summed E-state index contributed by atoms with van der Waals surface area (Å²) >= 11 is 0. The molecule has 1 N–H and O–H groups in total. The van der Waals surface area contributed by atoms with Gasteiger partial charge in [-0.2, -0.15) is 4.31 Å². The van der Waals surface area contributed by atoms with Gasteiger partial charge in [0.2, 0.25) is 10.0 Å². The summed E-state index contributed by atoms with van der Waals surface area (Å²) in [4.78, 5) is 12.5. The highest BCUT2D eigenvalue weighted by Gasteiger charge is 2.39. The van der Waals surface area contributed by atoms with Gasteiger partial charge in [-0.1, -0.05) is 17.7 Å². The largest absolute Gasteiger partial charge is 0.378 e. The molecular weight excluding hydrogens is 364 g/mol. The molecule has 1 amide bonds. The Balaban J connectivity index is 1.77. The van der Waals surface area contributed by atoms with Gasteiger partial charge in [-0.15, -0.1) is 0 Å². The van der Waals surface area contributed by atoms with E-state index in [0.717, 1.165) is 5.56 Å². The van der Waals surface area contributed by atoms with Crippen LogP contribution in [0, 0.1) is 6.92 Å². The molecule has 7 heteroatoms. The van der Waals surface area contributed by atoms with Gasteiger partial charge in [0.25, 0.3) is 5.91 Å². The van der Waals surface area contributed by atoms with Crippen molar-refractivity contribution < 1.29 is 17.9 Å². The quantitative estimate of drug-likeness (QED) is 0.873. The molecule has 1 aliphatic rings. The van der Waals surface area contributed by atoms with Crippen LogP contribution in [-0.4, -0.2) is 43.9 Å². The molecule has 1 fully saturated rings. The second kappa shape index (κ2) is 7.42. The Bertz CT molecular complexity index is 937. The minimum Gasteiger partial charge on any atom is -0.378 e. The molecule has 0 saturated carbocycles. The second-order valence-electron chi connectivity index (χ2n) is 7.29. The van der Waals surface area contributed by atoms with Crippen molar-refractivity contribution in [3.8, 4) is 0 Å². The van der Waals surface area contributed by atoms with Crippen molar-refractivity contribution in [2.24, 2.45) is 0 Å². The third-order valence-corrected chi connectivity index (χ3v) is 6.67. The number of ether oxygens (including phenoxy) is 1. The number of aryl methyl sites for hydroxylation is 1. The number of rotatable bonds is 4. The fourth-order valence-corrected chi connectivity index (χ4v) is 4.87. The lowest BCUT2D eigenvalue weighted by Gasteiger charge is -2.40. The smallest absolute Gasteiger partial charge is 0.255 e. The number of carbonyl (C=O) groups is 1. The average molecular weight is 388 g/mol. The number of sulfonamides is 1. The summed E-state index contributed by atoms with van der Waals surface area (Å²) in [7, 11) is -3.63. The Morgan fingerprint density at radius 1 is 1.15 bits per heavy atom. The van der Waals surface area contributed by atoms with Crippen LogP contribution in [0.3, 0.4) is 0 Å². The summed E-state index contributed by atoms with van der Waals surface area (Å²) < 4.78 is 32.8. The molecule has 0 spiro atoms. The van der Waals surface area contributed by atoms with Gasteiger partial charge in [-0.05, 0) is 57.2 Å². The van der Waals surface area contributed by atoms with E-state index in [2.05, 4.69) is 5.32 Å². The maximum absolute atomic E-state index is 13.0. The topological polar surface area (TPSA) is 75.7 Å². The number of hydrogen-bond donors (Lipinski definition) is 1. The molecular formula is C20H24N2O4S. The normalized spacial score (nSPS) is 17.4. The number of carbonyl (C=O) groups excluding carboxylic acids is 1. The van der Waals surface area contributed by atoms with E-state index in [1.165, 1.54) is 16.4 Å². The molecule has 27 heavy (non-hydrogen) atoms. The van der Waals surface area contributed by atoms with Gasteiger partial charge in [0.1, 0.15) is 0 Å². The van der Waals surface area contributed by atoms with Gasteiger partial charge >= 0.3 is 0 Å². The fraction of sp³-hybridized carbons (Fsp3) is 0.350. The van der Waals surface area contributed by atoms with Gasteiger partial charge in [0.05, 0.1) is 23.6 Å². The number of nitrogens with zero attached hydrogens (tertiary/aromatic N) is 1. The third kappa shape index (κ3) is 4.21. The van der Waals surface area contributed by atoms with Crippen molar-refractivity contribution in [2.75, 3.05) is 25.1 Å². The Labute approximate surface area is 160 Å². The molecule has 2 aromatic rings. The highest BCUT2D eigenvalue weighted by atomic mass is 32.2. The fourth-order valence-electron chi connectivity index (χ4n) is 3.12. The highest BCUT2D eigenvalue weighted by molar-refractivity contribution is 7.89. The van der Waals surface area contributed by atoms with E-state index >= 15 is 0 Å². The van der Waals surface area contributed by atoms with E-state index in [1.54, 1.807) is 24.3 Å². The highest BCUT2D eigenvalue weighted by Crippen LogP contribution is 2.28. The minimum atomic E-state index is -3.63. The van der Waals surface area contributed by atoms with Crippen molar-refractivity contribution in [2.45, 2.75) is 31.2 Å². The number of benzene rings is 2. The maximum Gasteiger partial charge on any atom is 0.255 e. The number of hydrogen-bond acceptors (Lipinski definition) is 4. The molecule has 2 aromatic carbocycles. The number of morpholine rings is 1. The second-order valence-corrected chi connectivity index (χ2v) is 9.15. The lowest BCUT2D eigenvalue weighted by molar-refractivity contribution is -0.00770. The molecule has 0 atom stereocenters. The van der Waals surface area contributed by atoms with Gasteiger partial charge in [-0.3, -0.25) is 4.79 Å². The van der Waals surface area contributed by atoms with Crippen LogP contribution in [0.25, 0.3) is 0 Å². The van der Waals surface area contributed by atoms with Crippen molar-refractivity contribution in [1.29, 1.82) is 0 Å². The lowest BCUT2D eigenvalue weighted by atomic mass is 10.1. The van der Waals surface area contributed by atoms with Crippen molar-refractivity contribution in [1.82, 2.24) is 4.31 Å². The van der Waals surface area contributed by atoms with Crippen LogP contribution >= 0.6 is 0 Å². The van der Waals surface area contributed by atoms with Crippen LogP contribution in [0.1, 0.15) is 29.8 Å². The summed E-state index contributed by atoms with van der Waals surface area (Å²) in [5, 5.41) is 2.79. The molecule has 0 radical (unpaired) electrons. The maximum atomic E-state index is 13.0.